The van der Waals surface area contributed by atoms with Crippen LogP contribution in [0, 0.1) is 0 Å². The number of hydrogen-bond acceptors (Lipinski definition) is 3. The third kappa shape index (κ3) is 2.96. The summed E-state index contributed by atoms with van der Waals surface area (Å²) in [7, 11) is 0. The number of hydrogen-bond donors (Lipinski definition) is 1. The van der Waals surface area contributed by atoms with E-state index < -0.39 is 0 Å². The molecular formula is C16H19Cl2N3. The highest BCUT2D eigenvalue weighted by Gasteiger charge is 2.17. The van der Waals surface area contributed by atoms with Crippen LogP contribution in [0.1, 0.15) is 19.0 Å². The highest BCUT2D eigenvalue weighted by atomic mass is 35.5. The number of aromatic nitrogens is 1. The highest BCUT2D eigenvalue weighted by Crippen LogP contribution is 2.35. The molecule has 0 radical (unpaired) electrons. The Morgan fingerprint density at radius 2 is 2.00 bits per heavy atom. The first kappa shape index (κ1) is 14.9. The fraction of sp³-hybridized carbons (Fsp3) is 0.438. The molecule has 0 atom stereocenters. The van der Waals surface area contributed by atoms with Crippen molar-refractivity contribution in [1.29, 1.82) is 0 Å². The van der Waals surface area contributed by atoms with E-state index in [1.165, 1.54) is 5.69 Å². The maximum Gasteiger partial charge on any atom is 0.0927 e. The summed E-state index contributed by atoms with van der Waals surface area (Å²) in [5, 5.41) is 5.60. The van der Waals surface area contributed by atoms with Crippen molar-refractivity contribution in [1.82, 2.24) is 10.3 Å². The molecular weight excluding hydrogens is 305 g/mol. The Labute approximate surface area is 135 Å². The van der Waals surface area contributed by atoms with Crippen molar-refractivity contribution in [2.24, 2.45) is 0 Å². The van der Waals surface area contributed by atoms with Crippen molar-refractivity contribution in [3.63, 3.8) is 0 Å². The third-order valence-corrected chi connectivity index (χ3v) is 4.66. The van der Waals surface area contributed by atoms with Crippen LogP contribution in [0.15, 0.2) is 18.2 Å². The number of halogens is 2. The summed E-state index contributed by atoms with van der Waals surface area (Å²) in [5.41, 5.74) is 3.13. The number of fused-ring (bicyclic) bond motifs is 1. The zero-order valence-corrected chi connectivity index (χ0v) is 13.6. The SMILES string of the molecule is CCCc1cc(N2CCNCC2)c2ccc(Cl)c(Cl)c2n1. The largest absolute Gasteiger partial charge is 0.368 e. The van der Waals surface area contributed by atoms with Crippen LogP contribution in [0.25, 0.3) is 10.9 Å². The van der Waals surface area contributed by atoms with Crippen LogP contribution < -0.4 is 10.2 Å². The topological polar surface area (TPSA) is 28.2 Å². The molecule has 5 heteroatoms. The van der Waals surface area contributed by atoms with Gasteiger partial charge in [-0.05, 0) is 24.6 Å². The molecule has 0 aliphatic carbocycles. The summed E-state index contributed by atoms with van der Waals surface area (Å²) < 4.78 is 0. The second-order valence-corrected chi connectivity index (χ2v) is 6.16. The van der Waals surface area contributed by atoms with Crippen LogP contribution in [-0.4, -0.2) is 31.2 Å². The summed E-state index contributed by atoms with van der Waals surface area (Å²) >= 11 is 12.5. The summed E-state index contributed by atoms with van der Waals surface area (Å²) in [4.78, 5) is 7.13. The van der Waals surface area contributed by atoms with Gasteiger partial charge in [-0.3, -0.25) is 4.98 Å². The van der Waals surface area contributed by atoms with E-state index in [0.29, 0.717) is 10.0 Å². The molecule has 2 heterocycles. The molecule has 0 unspecified atom stereocenters. The van der Waals surface area contributed by atoms with Gasteiger partial charge < -0.3 is 10.2 Å². The molecule has 21 heavy (non-hydrogen) atoms. The van der Waals surface area contributed by atoms with Crippen molar-refractivity contribution in [3.8, 4) is 0 Å². The van der Waals surface area contributed by atoms with E-state index in [2.05, 4.69) is 23.2 Å². The molecule has 1 aromatic carbocycles. The Hall–Kier alpha value is -1.03. The molecule has 3 nitrogen and oxygen atoms in total. The first-order valence-corrected chi connectivity index (χ1v) is 8.19. The van der Waals surface area contributed by atoms with Crippen LogP contribution in [0.2, 0.25) is 10.0 Å². The number of anilines is 1. The molecule has 0 saturated carbocycles. The minimum absolute atomic E-state index is 0.559. The number of nitrogens with one attached hydrogen (secondary N) is 1. The van der Waals surface area contributed by atoms with Crippen LogP contribution in [0.5, 0.6) is 0 Å². The Morgan fingerprint density at radius 3 is 2.71 bits per heavy atom. The molecule has 0 amide bonds. The molecule has 0 spiro atoms. The monoisotopic (exact) mass is 323 g/mol. The average molecular weight is 324 g/mol. The van der Waals surface area contributed by atoms with Gasteiger partial charge in [-0.25, -0.2) is 0 Å². The highest BCUT2D eigenvalue weighted by molar-refractivity contribution is 6.45. The van der Waals surface area contributed by atoms with Gasteiger partial charge in [-0.15, -0.1) is 0 Å². The molecule has 1 fully saturated rings. The minimum atomic E-state index is 0.559. The lowest BCUT2D eigenvalue weighted by atomic mass is 10.1. The molecule has 1 saturated heterocycles. The number of benzene rings is 1. The van der Waals surface area contributed by atoms with E-state index in [0.717, 1.165) is 55.6 Å². The number of aryl methyl sites for hydroxylation is 1. The van der Waals surface area contributed by atoms with E-state index in [-0.39, 0.29) is 0 Å². The van der Waals surface area contributed by atoms with Crippen molar-refractivity contribution in [2.45, 2.75) is 19.8 Å². The predicted octanol–water partition coefficient (Wildman–Crippen LogP) is 3.90. The Balaban J connectivity index is 2.17. The van der Waals surface area contributed by atoms with E-state index in [1.54, 1.807) is 0 Å². The van der Waals surface area contributed by atoms with Gasteiger partial charge in [0.25, 0.3) is 0 Å². The molecule has 1 aliphatic rings. The number of nitrogens with zero attached hydrogens (tertiary/aromatic N) is 2. The lowest BCUT2D eigenvalue weighted by molar-refractivity contribution is 0.590. The molecule has 3 rings (SSSR count). The van der Waals surface area contributed by atoms with Gasteiger partial charge >= 0.3 is 0 Å². The van der Waals surface area contributed by atoms with Crippen molar-refractivity contribution in [2.75, 3.05) is 31.1 Å². The second-order valence-electron chi connectivity index (χ2n) is 5.38. The molecule has 1 aliphatic heterocycles. The second kappa shape index (κ2) is 6.39. The van der Waals surface area contributed by atoms with E-state index >= 15 is 0 Å². The smallest absolute Gasteiger partial charge is 0.0927 e. The zero-order valence-electron chi connectivity index (χ0n) is 12.1. The molecule has 1 N–H and O–H groups in total. The maximum atomic E-state index is 6.38. The third-order valence-electron chi connectivity index (χ3n) is 3.87. The van der Waals surface area contributed by atoms with Gasteiger partial charge in [0.2, 0.25) is 0 Å². The molecule has 0 bridgehead atoms. The Kier molecular flexibility index (Phi) is 4.53. The van der Waals surface area contributed by atoms with Crippen LogP contribution in [-0.2, 0) is 6.42 Å². The zero-order chi connectivity index (χ0) is 14.8. The summed E-state index contributed by atoms with van der Waals surface area (Å²) in [6.45, 7) is 6.19. The van der Waals surface area contributed by atoms with Gasteiger partial charge in [0.15, 0.2) is 0 Å². The molecule has 1 aromatic heterocycles. The first-order chi connectivity index (χ1) is 10.2. The van der Waals surface area contributed by atoms with E-state index in [4.69, 9.17) is 28.2 Å². The molecule has 2 aromatic rings. The van der Waals surface area contributed by atoms with Crippen LogP contribution in [0.4, 0.5) is 5.69 Å². The Bertz CT molecular complexity index is 652. The van der Waals surface area contributed by atoms with Crippen molar-refractivity contribution < 1.29 is 0 Å². The van der Waals surface area contributed by atoms with Gasteiger partial charge in [0.05, 0.1) is 15.6 Å². The average Bonchev–Trinajstić information content (AvgIpc) is 2.52. The summed E-state index contributed by atoms with van der Waals surface area (Å²) in [5.74, 6) is 0. The van der Waals surface area contributed by atoms with E-state index in [9.17, 15) is 0 Å². The lowest BCUT2D eigenvalue weighted by Crippen LogP contribution is -2.43. The van der Waals surface area contributed by atoms with Gasteiger partial charge in [-0.2, -0.15) is 0 Å². The standard InChI is InChI=1S/C16H19Cl2N3/c1-2-3-11-10-14(21-8-6-19-7-9-21)12-4-5-13(17)15(18)16(12)20-11/h4-5,10,19H,2-3,6-9H2,1H3. The van der Waals surface area contributed by atoms with Gasteiger partial charge in [0.1, 0.15) is 0 Å². The normalized spacial score (nSPS) is 15.7. The quantitative estimate of drug-likeness (QED) is 0.928. The number of pyridine rings is 1. The molecule has 112 valence electrons. The van der Waals surface area contributed by atoms with Crippen LogP contribution in [0.3, 0.4) is 0 Å². The fourth-order valence-electron chi connectivity index (χ4n) is 2.82. The fourth-order valence-corrected chi connectivity index (χ4v) is 3.18. The lowest BCUT2D eigenvalue weighted by Gasteiger charge is -2.30. The minimum Gasteiger partial charge on any atom is -0.368 e. The van der Waals surface area contributed by atoms with Crippen molar-refractivity contribution >= 4 is 39.8 Å². The first-order valence-electron chi connectivity index (χ1n) is 7.44. The maximum absolute atomic E-state index is 6.38. The van der Waals surface area contributed by atoms with E-state index in [1.807, 2.05) is 12.1 Å². The summed E-state index contributed by atoms with van der Waals surface area (Å²) in [6, 6.07) is 6.10. The summed E-state index contributed by atoms with van der Waals surface area (Å²) in [6.07, 6.45) is 2.02. The Morgan fingerprint density at radius 1 is 1.24 bits per heavy atom. The van der Waals surface area contributed by atoms with Gasteiger partial charge in [0, 0.05) is 42.9 Å². The predicted molar refractivity (Wildman–Crippen MR) is 90.8 cm³/mol. The van der Waals surface area contributed by atoms with Gasteiger partial charge in [-0.1, -0.05) is 36.5 Å². The van der Waals surface area contributed by atoms with Crippen molar-refractivity contribution in [3.05, 3.63) is 33.9 Å². The van der Waals surface area contributed by atoms with Crippen LogP contribution >= 0.6 is 23.2 Å². The number of piperazine rings is 1. The number of rotatable bonds is 3.